The fourth-order valence-electron chi connectivity index (χ4n) is 0.967. The lowest BCUT2D eigenvalue weighted by molar-refractivity contribution is 0.0621. The molecule has 12 heavy (non-hydrogen) atoms. The summed E-state index contributed by atoms with van der Waals surface area (Å²) in [6, 6.07) is 1.79. The highest BCUT2D eigenvalue weighted by molar-refractivity contribution is 9.10. The molecule has 1 aromatic heterocycles. The first kappa shape index (κ1) is 9.81. The highest BCUT2D eigenvalue weighted by atomic mass is 79.9. The average Bonchev–Trinajstić information content (AvgIpc) is 2.32. The molecule has 1 N–H and O–H groups in total. The topological polar surface area (TPSA) is 33.4 Å². The van der Waals surface area contributed by atoms with E-state index in [0.717, 1.165) is 5.56 Å². The number of rotatable bonds is 1. The predicted molar refractivity (Wildman–Crippen MR) is 50.8 cm³/mol. The van der Waals surface area contributed by atoms with Crippen molar-refractivity contribution in [1.82, 2.24) is 0 Å². The molecule has 68 valence electrons. The molecule has 1 atom stereocenters. The van der Waals surface area contributed by atoms with E-state index in [2.05, 4.69) is 15.9 Å². The van der Waals surface area contributed by atoms with E-state index >= 15 is 0 Å². The molecule has 1 unspecified atom stereocenters. The first-order valence-electron chi connectivity index (χ1n) is 3.83. The summed E-state index contributed by atoms with van der Waals surface area (Å²) < 4.78 is 5.69. The van der Waals surface area contributed by atoms with Gasteiger partial charge in [0.05, 0.1) is 12.4 Å². The minimum Gasteiger partial charge on any atom is -0.457 e. The Kier molecular flexibility index (Phi) is 2.64. The molecule has 0 aliphatic rings. The fourth-order valence-corrected chi connectivity index (χ4v) is 1.32. The molecule has 3 heteroatoms. The summed E-state index contributed by atoms with van der Waals surface area (Å²) in [5.41, 5.74) is 0.665. The molecule has 0 bridgehead atoms. The van der Waals surface area contributed by atoms with E-state index in [-0.39, 0.29) is 5.41 Å². The van der Waals surface area contributed by atoms with Crippen LogP contribution in [0, 0.1) is 5.41 Å². The summed E-state index contributed by atoms with van der Waals surface area (Å²) >= 11 is 3.19. The van der Waals surface area contributed by atoms with Crippen molar-refractivity contribution in [1.29, 1.82) is 0 Å². The molecule has 0 saturated heterocycles. The zero-order valence-corrected chi connectivity index (χ0v) is 9.05. The van der Waals surface area contributed by atoms with Crippen LogP contribution < -0.4 is 0 Å². The summed E-state index contributed by atoms with van der Waals surface area (Å²) in [5.74, 6) is 0. The van der Waals surface area contributed by atoms with Crippen LogP contribution in [0.1, 0.15) is 32.4 Å². The number of aliphatic hydroxyl groups excluding tert-OH is 1. The lowest BCUT2D eigenvalue weighted by atomic mass is 9.86. The second-order valence-corrected chi connectivity index (χ2v) is 4.73. The van der Waals surface area contributed by atoms with Crippen LogP contribution in [-0.4, -0.2) is 5.11 Å². The van der Waals surface area contributed by atoms with Gasteiger partial charge in [-0.1, -0.05) is 20.8 Å². The molecule has 0 amide bonds. The number of aliphatic hydroxyl groups is 1. The molecule has 1 aromatic rings. The van der Waals surface area contributed by atoms with Crippen LogP contribution in [0.3, 0.4) is 0 Å². The molecular formula is C9H13BrO2. The third-order valence-electron chi connectivity index (χ3n) is 1.72. The maximum atomic E-state index is 9.79. The summed E-state index contributed by atoms with van der Waals surface area (Å²) in [4.78, 5) is 0. The second kappa shape index (κ2) is 3.23. The van der Waals surface area contributed by atoms with Crippen molar-refractivity contribution in [3.8, 4) is 0 Å². The lowest BCUT2D eigenvalue weighted by Crippen LogP contribution is -2.16. The molecule has 0 radical (unpaired) electrons. The van der Waals surface area contributed by atoms with Gasteiger partial charge in [-0.3, -0.25) is 0 Å². The monoisotopic (exact) mass is 232 g/mol. The van der Waals surface area contributed by atoms with Crippen molar-refractivity contribution < 1.29 is 9.52 Å². The van der Waals surface area contributed by atoms with Gasteiger partial charge >= 0.3 is 0 Å². The zero-order chi connectivity index (χ0) is 9.35. The quantitative estimate of drug-likeness (QED) is 0.808. The molecule has 0 fully saturated rings. The van der Waals surface area contributed by atoms with Crippen molar-refractivity contribution in [3.05, 3.63) is 22.6 Å². The van der Waals surface area contributed by atoms with Gasteiger partial charge in [-0.05, 0) is 27.4 Å². The van der Waals surface area contributed by atoms with E-state index in [1.165, 1.54) is 0 Å². The maximum absolute atomic E-state index is 9.79. The van der Waals surface area contributed by atoms with E-state index in [9.17, 15) is 5.11 Å². The van der Waals surface area contributed by atoms with Crippen LogP contribution in [0.4, 0.5) is 0 Å². The Hall–Kier alpha value is -0.280. The van der Waals surface area contributed by atoms with Crippen molar-refractivity contribution in [3.63, 3.8) is 0 Å². The first-order chi connectivity index (χ1) is 5.41. The molecular weight excluding hydrogens is 220 g/mol. The van der Waals surface area contributed by atoms with Crippen LogP contribution in [0.5, 0.6) is 0 Å². The van der Waals surface area contributed by atoms with Crippen LogP contribution in [0.2, 0.25) is 0 Å². The van der Waals surface area contributed by atoms with Crippen molar-refractivity contribution in [2.75, 3.05) is 0 Å². The molecule has 1 heterocycles. The van der Waals surface area contributed by atoms with Crippen LogP contribution in [0.15, 0.2) is 21.4 Å². The first-order valence-corrected chi connectivity index (χ1v) is 4.62. The molecule has 0 aliphatic heterocycles. The Morgan fingerprint density at radius 3 is 2.42 bits per heavy atom. The molecule has 0 saturated carbocycles. The van der Waals surface area contributed by atoms with Gasteiger partial charge in [0, 0.05) is 5.56 Å². The smallest absolute Gasteiger partial charge is 0.169 e. The van der Waals surface area contributed by atoms with Gasteiger partial charge in [-0.2, -0.15) is 0 Å². The van der Waals surface area contributed by atoms with Crippen LogP contribution in [0.25, 0.3) is 0 Å². The van der Waals surface area contributed by atoms with E-state index in [1.54, 1.807) is 12.3 Å². The number of hydrogen-bond donors (Lipinski definition) is 1. The van der Waals surface area contributed by atoms with Gasteiger partial charge in [-0.25, -0.2) is 0 Å². The van der Waals surface area contributed by atoms with Crippen molar-refractivity contribution in [2.45, 2.75) is 26.9 Å². The summed E-state index contributed by atoms with van der Waals surface area (Å²) in [6.07, 6.45) is 1.09. The van der Waals surface area contributed by atoms with Gasteiger partial charge < -0.3 is 9.52 Å². The van der Waals surface area contributed by atoms with E-state index in [4.69, 9.17) is 4.42 Å². The van der Waals surface area contributed by atoms with E-state index in [1.807, 2.05) is 20.8 Å². The zero-order valence-electron chi connectivity index (χ0n) is 7.47. The Balaban J connectivity index is 2.85. The Morgan fingerprint density at radius 2 is 2.08 bits per heavy atom. The molecule has 1 rings (SSSR count). The second-order valence-electron chi connectivity index (χ2n) is 3.95. The normalized spacial score (nSPS) is 14.8. The van der Waals surface area contributed by atoms with Crippen LogP contribution >= 0.6 is 15.9 Å². The molecule has 2 nitrogen and oxygen atoms in total. The van der Waals surface area contributed by atoms with Gasteiger partial charge in [0.1, 0.15) is 0 Å². The minimum atomic E-state index is -0.479. The van der Waals surface area contributed by atoms with Crippen molar-refractivity contribution >= 4 is 15.9 Å². The average molecular weight is 233 g/mol. The summed E-state index contributed by atoms with van der Waals surface area (Å²) in [5, 5.41) is 9.79. The minimum absolute atomic E-state index is 0.149. The molecule has 0 aromatic carbocycles. The summed E-state index contributed by atoms with van der Waals surface area (Å²) in [6.45, 7) is 5.95. The highest BCUT2D eigenvalue weighted by Crippen LogP contribution is 2.34. The Labute approximate surface area is 80.7 Å². The van der Waals surface area contributed by atoms with Crippen molar-refractivity contribution in [2.24, 2.45) is 5.41 Å². The van der Waals surface area contributed by atoms with Crippen LogP contribution in [-0.2, 0) is 0 Å². The fraction of sp³-hybridized carbons (Fsp3) is 0.556. The van der Waals surface area contributed by atoms with Gasteiger partial charge in [0.25, 0.3) is 0 Å². The molecule has 0 spiro atoms. The Bertz CT molecular complexity index is 260. The largest absolute Gasteiger partial charge is 0.457 e. The van der Waals surface area contributed by atoms with Gasteiger partial charge in [0.2, 0.25) is 0 Å². The number of halogens is 1. The lowest BCUT2D eigenvalue weighted by Gasteiger charge is -2.24. The third-order valence-corrected chi connectivity index (χ3v) is 2.14. The SMILES string of the molecule is CC(C)(C)C(O)c1coc(Br)c1. The number of hydrogen-bond acceptors (Lipinski definition) is 2. The van der Waals surface area contributed by atoms with Gasteiger partial charge in [0.15, 0.2) is 4.67 Å². The highest BCUT2D eigenvalue weighted by Gasteiger charge is 2.24. The summed E-state index contributed by atoms with van der Waals surface area (Å²) in [7, 11) is 0. The maximum Gasteiger partial charge on any atom is 0.169 e. The van der Waals surface area contributed by atoms with E-state index in [0.29, 0.717) is 4.67 Å². The number of furan rings is 1. The van der Waals surface area contributed by atoms with Gasteiger partial charge in [-0.15, -0.1) is 0 Å². The molecule has 0 aliphatic carbocycles. The van der Waals surface area contributed by atoms with E-state index < -0.39 is 6.10 Å². The predicted octanol–water partition coefficient (Wildman–Crippen LogP) is 3.12. The standard InChI is InChI=1S/C9H13BrO2/c1-9(2,3)8(11)6-4-7(10)12-5-6/h4-5,8,11H,1-3H3. The third kappa shape index (κ3) is 2.11. The Morgan fingerprint density at radius 1 is 1.50 bits per heavy atom.